The topological polar surface area (TPSA) is 56.7 Å². The van der Waals surface area contributed by atoms with Crippen LogP contribution in [-0.2, 0) is 13.2 Å². The third-order valence-electron chi connectivity index (χ3n) is 2.55. The second-order valence-electron chi connectivity index (χ2n) is 3.85. The van der Waals surface area contributed by atoms with Crippen LogP contribution in [0.25, 0.3) is 0 Å². The first-order chi connectivity index (χ1) is 8.39. The summed E-state index contributed by atoms with van der Waals surface area (Å²) in [6.45, 7) is 0. The lowest BCUT2D eigenvalue weighted by atomic mass is 10.0. The molecular weight excluding hydrogens is 245 g/mol. The van der Waals surface area contributed by atoms with Gasteiger partial charge >= 0.3 is 6.18 Å². The second-order valence-corrected chi connectivity index (χ2v) is 3.85. The number of aryl methyl sites for hydroxylation is 1. The van der Waals surface area contributed by atoms with Gasteiger partial charge in [0.1, 0.15) is 0 Å². The molecule has 96 valence electrons. The van der Waals surface area contributed by atoms with Gasteiger partial charge in [0, 0.05) is 31.2 Å². The molecular formula is C11H11F3N4. The summed E-state index contributed by atoms with van der Waals surface area (Å²) in [4.78, 5) is 3.70. The molecule has 0 spiro atoms. The Hall–Kier alpha value is -1.89. The van der Waals surface area contributed by atoms with Crippen molar-refractivity contribution in [1.82, 2.24) is 14.8 Å². The lowest BCUT2D eigenvalue weighted by Crippen LogP contribution is -2.19. The Labute approximate surface area is 101 Å². The first-order valence-electron chi connectivity index (χ1n) is 5.16. The van der Waals surface area contributed by atoms with Gasteiger partial charge < -0.3 is 5.73 Å². The summed E-state index contributed by atoms with van der Waals surface area (Å²) >= 11 is 0. The van der Waals surface area contributed by atoms with Gasteiger partial charge in [-0.2, -0.15) is 18.3 Å². The molecule has 0 saturated carbocycles. The van der Waals surface area contributed by atoms with E-state index in [1.54, 1.807) is 19.3 Å². The van der Waals surface area contributed by atoms with Gasteiger partial charge in [0.2, 0.25) is 0 Å². The average molecular weight is 256 g/mol. The van der Waals surface area contributed by atoms with Crippen LogP contribution in [0, 0.1) is 0 Å². The molecule has 0 aliphatic carbocycles. The van der Waals surface area contributed by atoms with Crippen molar-refractivity contribution in [2.45, 2.75) is 12.2 Å². The molecule has 0 bridgehead atoms. The Morgan fingerprint density at radius 2 is 2.06 bits per heavy atom. The Balaban J connectivity index is 2.45. The fourth-order valence-corrected chi connectivity index (χ4v) is 1.67. The van der Waals surface area contributed by atoms with Crippen molar-refractivity contribution >= 4 is 0 Å². The smallest absolute Gasteiger partial charge is 0.319 e. The van der Waals surface area contributed by atoms with Crippen LogP contribution < -0.4 is 5.73 Å². The number of hydrogen-bond acceptors (Lipinski definition) is 3. The van der Waals surface area contributed by atoms with Crippen molar-refractivity contribution < 1.29 is 13.2 Å². The number of aromatic nitrogens is 3. The Kier molecular flexibility index (Phi) is 3.08. The van der Waals surface area contributed by atoms with Gasteiger partial charge in [0.05, 0.1) is 17.3 Å². The van der Waals surface area contributed by atoms with Crippen LogP contribution in [0.15, 0.2) is 30.7 Å². The van der Waals surface area contributed by atoms with Crippen LogP contribution in [0.5, 0.6) is 0 Å². The van der Waals surface area contributed by atoms with Crippen molar-refractivity contribution in [3.63, 3.8) is 0 Å². The predicted molar refractivity (Wildman–Crippen MR) is 58.5 cm³/mol. The fourth-order valence-electron chi connectivity index (χ4n) is 1.67. The molecule has 0 aliphatic heterocycles. The maximum absolute atomic E-state index is 12.8. The molecule has 0 aliphatic rings. The minimum absolute atomic E-state index is 0.0799. The first-order valence-corrected chi connectivity index (χ1v) is 5.16. The van der Waals surface area contributed by atoms with E-state index < -0.39 is 17.8 Å². The van der Waals surface area contributed by atoms with Gasteiger partial charge in [-0.3, -0.25) is 9.67 Å². The molecule has 0 saturated heterocycles. The van der Waals surface area contributed by atoms with Crippen LogP contribution in [0.2, 0.25) is 0 Å². The first kappa shape index (κ1) is 12.6. The summed E-state index contributed by atoms with van der Waals surface area (Å²) in [5.74, 6) is 0. The largest absolute Gasteiger partial charge is 0.416 e. The molecule has 2 rings (SSSR count). The molecule has 18 heavy (non-hydrogen) atoms. The third kappa shape index (κ3) is 2.35. The van der Waals surface area contributed by atoms with Crippen LogP contribution in [-0.4, -0.2) is 14.8 Å². The van der Waals surface area contributed by atoms with E-state index in [4.69, 9.17) is 5.73 Å². The summed E-state index contributed by atoms with van der Waals surface area (Å²) in [5.41, 5.74) is 5.32. The van der Waals surface area contributed by atoms with Gasteiger partial charge in [0.15, 0.2) is 0 Å². The number of alkyl halides is 3. The average Bonchev–Trinajstić information content (AvgIpc) is 2.74. The Morgan fingerprint density at radius 3 is 2.61 bits per heavy atom. The number of nitrogens with two attached hydrogens (primary N) is 1. The van der Waals surface area contributed by atoms with E-state index in [0.29, 0.717) is 5.69 Å². The zero-order valence-electron chi connectivity index (χ0n) is 9.52. The molecule has 7 heteroatoms. The van der Waals surface area contributed by atoms with Crippen LogP contribution in [0.1, 0.15) is 22.9 Å². The van der Waals surface area contributed by atoms with Gasteiger partial charge in [-0.25, -0.2) is 0 Å². The van der Waals surface area contributed by atoms with Gasteiger partial charge in [-0.05, 0) is 12.1 Å². The second kappa shape index (κ2) is 4.41. The number of hydrogen-bond donors (Lipinski definition) is 1. The van der Waals surface area contributed by atoms with Crippen molar-refractivity contribution in [1.29, 1.82) is 0 Å². The highest BCUT2D eigenvalue weighted by molar-refractivity contribution is 5.33. The normalized spacial score (nSPS) is 13.6. The van der Waals surface area contributed by atoms with E-state index in [-0.39, 0.29) is 5.56 Å². The molecule has 2 heterocycles. The molecule has 0 aromatic carbocycles. The van der Waals surface area contributed by atoms with E-state index in [9.17, 15) is 13.2 Å². The zero-order chi connectivity index (χ0) is 13.3. The molecule has 1 unspecified atom stereocenters. The van der Waals surface area contributed by atoms with Gasteiger partial charge in [-0.15, -0.1) is 0 Å². The third-order valence-corrected chi connectivity index (χ3v) is 2.55. The summed E-state index contributed by atoms with van der Waals surface area (Å²) in [5, 5.41) is 4.01. The van der Waals surface area contributed by atoms with Gasteiger partial charge in [0.25, 0.3) is 0 Å². The number of pyridine rings is 1. The molecule has 1 atom stereocenters. The van der Waals surface area contributed by atoms with E-state index in [2.05, 4.69) is 10.1 Å². The van der Waals surface area contributed by atoms with Crippen molar-refractivity contribution in [2.75, 3.05) is 0 Å². The van der Waals surface area contributed by atoms with E-state index in [1.165, 1.54) is 4.68 Å². The number of nitrogens with zero attached hydrogens (tertiary/aromatic N) is 3. The number of halogens is 3. The predicted octanol–water partition coefficient (Wildman–Crippen LogP) is 1.88. The van der Waals surface area contributed by atoms with E-state index >= 15 is 0 Å². The quantitative estimate of drug-likeness (QED) is 0.892. The SMILES string of the molecule is Cn1ccc(C(N)c2cnccc2C(F)(F)F)n1. The molecule has 2 N–H and O–H groups in total. The Bertz CT molecular complexity index is 547. The minimum atomic E-state index is -4.45. The molecule has 0 radical (unpaired) electrons. The zero-order valence-corrected chi connectivity index (χ0v) is 9.52. The Morgan fingerprint density at radius 1 is 1.33 bits per heavy atom. The summed E-state index contributed by atoms with van der Waals surface area (Å²) in [7, 11) is 1.67. The summed E-state index contributed by atoms with van der Waals surface area (Å²) in [6, 6.07) is 1.55. The lowest BCUT2D eigenvalue weighted by Gasteiger charge is -2.16. The van der Waals surface area contributed by atoms with Gasteiger partial charge in [-0.1, -0.05) is 0 Å². The standard InChI is InChI=1S/C11H11F3N4/c1-18-5-3-9(17-18)10(15)7-6-16-4-2-8(7)11(12,13)14/h2-6,10H,15H2,1H3. The monoisotopic (exact) mass is 256 g/mol. The molecule has 2 aromatic heterocycles. The molecule has 2 aromatic rings. The fraction of sp³-hybridized carbons (Fsp3) is 0.273. The lowest BCUT2D eigenvalue weighted by molar-refractivity contribution is -0.138. The molecule has 0 amide bonds. The minimum Gasteiger partial charge on any atom is -0.319 e. The highest BCUT2D eigenvalue weighted by Crippen LogP contribution is 2.34. The highest BCUT2D eigenvalue weighted by Gasteiger charge is 2.35. The highest BCUT2D eigenvalue weighted by atomic mass is 19.4. The van der Waals surface area contributed by atoms with Crippen LogP contribution in [0.3, 0.4) is 0 Å². The van der Waals surface area contributed by atoms with E-state index in [1.807, 2.05) is 0 Å². The van der Waals surface area contributed by atoms with Crippen molar-refractivity contribution in [3.8, 4) is 0 Å². The molecule has 4 nitrogen and oxygen atoms in total. The summed E-state index contributed by atoms with van der Waals surface area (Å²) in [6.07, 6.45) is -0.608. The number of rotatable bonds is 2. The van der Waals surface area contributed by atoms with E-state index in [0.717, 1.165) is 18.5 Å². The van der Waals surface area contributed by atoms with Crippen LogP contribution >= 0.6 is 0 Å². The van der Waals surface area contributed by atoms with Crippen molar-refractivity contribution in [3.05, 3.63) is 47.5 Å². The molecule has 0 fully saturated rings. The maximum atomic E-state index is 12.8. The van der Waals surface area contributed by atoms with Crippen molar-refractivity contribution in [2.24, 2.45) is 12.8 Å². The summed E-state index contributed by atoms with van der Waals surface area (Å²) < 4.78 is 39.9. The van der Waals surface area contributed by atoms with Crippen LogP contribution in [0.4, 0.5) is 13.2 Å². The maximum Gasteiger partial charge on any atom is 0.416 e.